The largest absolute Gasteiger partial charge is 0.494 e. The summed E-state index contributed by atoms with van der Waals surface area (Å²) in [6, 6.07) is 15.6. The Labute approximate surface area is 198 Å². The highest BCUT2D eigenvalue weighted by Crippen LogP contribution is 2.30. The van der Waals surface area contributed by atoms with Crippen LogP contribution in [0.5, 0.6) is 5.75 Å². The summed E-state index contributed by atoms with van der Waals surface area (Å²) < 4.78 is 13.0. The minimum atomic E-state index is -0.373. The number of nitrogens with one attached hydrogen (secondary N) is 1. The van der Waals surface area contributed by atoms with Crippen LogP contribution in [-0.2, 0) is 9.53 Å². The molecule has 2 heterocycles. The molecule has 9 heteroatoms. The number of carbonyl (C=O) groups is 1. The standard InChI is InChI=1S/C24H29N5O3S/c1-4-32-21-11-7-19(8-12-21)25-22(30)18(3)33-24-27-26-23(28-13-15-31-16-14-28)29(24)20-9-5-17(2)6-10-20/h5-12,18H,4,13-16H2,1-3H3,(H,25,30). The highest BCUT2D eigenvalue weighted by atomic mass is 32.2. The van der Waals surface area contributed by atoms with E-state index < -0.39 is 0 Å². The van der Waals surface area contributed by atoms with Crippen molar-refractivity contribution in [2.24, 2.45) is 0 Å². The van der Waals surface area contributed by atoms with Gasteiger partial charge in [0.15, 0.2) is 5.16 Å². The van der Waals surface area contributed by atoms with Crippen molar-refractivity contribution in [2.75, 3.05) is 43.1 Å². The van der Waals surface area contributed by atoms with Gasteiger partial charge in [0.1, 0.15) is 5.75 Å². The topological polar surface area (TPSA) is 81.5 Å². The third-order valence-corrected chi connectivity index (χ3v) is 6.33. The van der Waals surface area contributed by atoms with Crippen molar-refractivity contribution >= 4 is 29.3 Å². The van der Waals surface area contributed by atoms with Gasteiger partial charge < -0.3 is 19.7 Å². The van der Waals surface area contributed by atoms with Crippen molar-refractivity contribution in [3.05, 3.63) is 54.1 Å². The van der Waals surface area contributed by atoms with E-state index in [4.69, 9.17) is 9.47 Å². The molecule has 33 heavy (non-hydrogen) atoms. The summed E-state index contributed by atoms with van der Waals surface area (Å²) in [6.07, 6.45) is 0. The summed E-state index contributed by atoms with van der Waals surface area (Å²) in [7, 11) is 0. The van der Waals surface area contributed by atoms with Crippen LogP contribution in [-0.4, -0.2) is 58.8 Å². The Kier molecular flexibility index (Phi) is 7.51. The summed E-state index contributed by atoms with van der Waals surface area (Å²) >= 11 is 1.39. The number of aryl methyl sites for hydroxylation is 1. The molecule has 1 saturated heterocycles. The quantitative estimate of drug-likeness (QED) is 0.503. The molecule has 0 radical (unpaired) electrons. The molecule has 0 aliphatic carbocycles. The molecule has 2 aromatic carbocycles. The zero-order valence-electron chi connectivity index (χ0n) is 19.2. The van der Waals surface area contributed by atoms with Crippen LogP contribution in [0.4, 0.5) is 11.6 Å². The van der Waals surface area contributed by atoms with Gasteiger partial charge in [-0.2, -0.15) is 0 Å². The summed E-state index contributed by atoms with van der Waals surface area (Å²) in [6.45, 7) is 9.29. The van der Waals surface area contributed by atoms with Crippen LogP contribution in [0.25, 0.3) is 5.69 Å². The van der Waals surface area contributed by atoms with Crippen LogP contribution in [0.15, 0.2) is 53.7 Å². The first kappa shape index (κ1) is 23.1. The van der Waals surface area contributed by atoms with E-state index in [2.05, 4.69) is 51.6 Å². The fraction of sp³-hybridized carbons (Fsp3) is 0.375. The second-order valence-electron chi connectivity index (χ2n) is 7.76. The van der Waals surface area contributed by atoms with E-state index in [9.17, 15) is 4.79 Å². The Bertz CT molecular complexity index is 1060. The van der Waals surface area contributed by atoms with Crippen LogP contribution in [0, 0.1) is 6.92 Å². The summed E-state index contributed by atoms with van der Waals surface area (Å²) in [4.78, 5) is 15.1. The molecule has 1 atom stereocenters. The van der Waals surface area contributed by atoms with Gasteiger partial charge in [-0.25, -0.2) is 0 Å². The van der Waals surface area contributed by atoms with Crippen molar-refractivity contribution < 1.29 is 14.3 Å². The van der Waals surface area contributed by atoms with E-state index in [0.29, 0.717) is 25.0 Å². The molecule has 1 aromatic heterocycles. The number of hydrogen-bond donors (Lipinski definition) is 1. The molecule has 0 spiro atoms. The van der Waals surface area contributed by atoms with Gasteiger partial charge in [0, 0.05) is 18.8 Å². The third-order valence-electron chi connectivity index (χ3n) is 5.29. The molecule has 4 rings (SSSR count). The molecule has 0 bridgehead atoms. The molecule has 1 aliphatic heterocycles. The Morgan fingerprint density at radius 2 is 1.82 bits per heavy atom. The van der Waals surface area contributed by atoms with Crippen LogP contribution in [0.2, 0.25) is 0 Å². The van der Waals surface area contributed by atoms with E-state index in [1.807, 2.05) is 42.7 Å². The van der Waals surface area contributed by atoms with E-state index in [1.165, 1.54) is 17.3 Å². The third kappa shape index (κ3) is 5.66. The highest BCUT2D eigenvalue weighted by molar-refractivity contribution is 8.00. The number of aromatic nitrogens is 3. The van der Waals surface area contributed by atoms with Gasteiger partial charge in [0.2, 0.25) is 11.9 Å². The fourth-order valence-corrected chi connectivity index (χ4v) is 4.35. The molecule has 1 unspecified atom stereocenters. The number of nitrogens with zero attached hydrogens (tertiary/aromatic N) is 4. The van der Waals surface area contributed by atoms with Crippen molar-refractivity contribution in [3.63, 3.8) is 0 Å². The first-order valence-corrected chi connectivity index (χ1v) is 12.0. The molecule has 1 fully saturated rings. The van der Waals surface area contributed by atoms with Gasteiger partial charge in [0.05, 0.1) is 30.8 Å². The van der Waals surface area contributed by atoms with E-state index >= 15 is 0 Å². The SMILES string of the molecule is CCOc1ccc(NC(=O)C(C)Sc2nnc(N3CCOCC3)n2-c2ccc(C)cc2)cc1. The molecule has 1 amide bonds. The first-order valence-electron chi connectivity index (χ1n) is 11.1. The lowest BCUT2D eigenvalue weighted by Gasteiger charge is -2.28. The zero-order chi connectivity index (χ0) is 23.2. The summed E-state index contributed by atoms with van der Waals surface area (Å²) in [5.74, 6) is 1.44. The van der Waals surface area contributed by atoms with Gasteiger partial charge in [-0.1, -0.05) is 29.5 Å². The van der Waals surface area contributed by atoms with Crippen LogP contribution < -0.4 is 15.0 Å². The average molecular weight is 468 g/mol. The van der Waals surface area contributed by atoms with Crippen molar-refractivity contribution in [1.82, 2.24) is 14.8 Å². The Balaban J connectivity index is 1.53. The highest BCUT2D eigenvalue weighted by Gasteiger charge is 2.25. The fourth-order valence-electron chi connectivity index (χ4n) is 3.48. The minimum Gasteiger partial charge on any atom is -0.494 e. The molecule has 8 nitrogen and oxygen atoms in total. The van der Waals surface area contributed by atoms with Gasteiger partial charge in [-0.05, 0) is 57.2 Å². The number of amides is 1. The van der Waals surface area contributed by atoms with Gasteiger partial charge in [-0.3, -0.25) is 9.36 Å². The normalized spacial score (nSPS) is 14.7. The van der Waals surface area contributed by atoms with Crippen molar-refractivity contribution in [3.8, 4) is 11.4 Å². The molecule has 3 aromatic rings. The molecular formula is C24H29N5O3S. The Morgan fingerprint density at radius 1 is 1.12 bits per heavy atom. The minimum absolute atomic E-state index is 0.101. The molecular weight excluding hydrogens is 438 g/mol. The molecule has 174 valence electrons. The van der Waals surface area contributed by atoms with Gasteiger partial charge >= 0.3 is 0 Å². The first-order chi connectivity index (χ1) is 16.0. The number of ether oxygens (including phenoxy) is 2. The lowest BCUT2D eigenvalue weighted by atomic mass is 10.2. The van der Waals surface area contributed by atoms with E-state index in [1.54, 1.807) is 0 Å². The molecule has 1 N–H and O–H groups in total. The van der Waals surface area contributed by atoms with Crippen molar-refractivity contribution in [1.29, 1.82) is 0 Å². The number of morpholine rings is 1. The maximum Gasteiger partial charge on any atom is 0.237 e. The number of carbonyl (C=O) groups excluding carboxylic acids is 1. The van der Waals surface area contributed by atoms with Gasteiger partial charge in [-0.15, -0.1) is 10.2 Å². The predicted molar refractivity (Wildman–Crippen MR) is 131 cm³/mol. The molecule has 1 aliphatic rings. The zero-order valence-corrected chi connectivity index (χ0v) is 20.0. The molecule has 0 saturated carbocycles. The summed E-state index contributed by atoms with van der Waals surface area (Å²) in [5, 5.41) is 12.2. The Morgan fingerprint density at radius 3 is 2.48 bits per heavy atom. The smallest absolute Gasteiger partial charge is 0.237 e. The number of thioether (sulfide) groups is 1. The van der Waals surface area contributed by atoms with E-state index in [-0.39, 0.29) is 11.2 Å². The van der Waals surface area contributed by atoms with Crippen LogP contribution in [0.3, 0.4) is 0 Å². The second kappa shape index (κ2) is 10.7. The van der Waals surface area contributed by atoms with E-state index in [0.717, 1.165) is 36.2 Å². The summed E-state index contributed by atoms with van der Waals surface area (Å²) in [5.41, 5.74) is 2.87. The predicted octanol–water partition coefficient (Wildman–Crippen LogP) is 3.93. The maximum atomic E-state index is 12.9. The Hall–Kier alpha value is -3.04. The number of anilines is 2. The van der Waals surface area contributed by atoms with Crippen molar-refractivity contribution in [2.45, 2.75) is 31.2 Å². The monoisotopic (exact) mass is 467 g/mol. The van der Waals surface area contributed by atoms with Crippen LogP contribution >= 0.6 is 11.8 Å². The lowest BCUT2D eigenvalue weighted by molar-refractivity contribution is -0.115. The van der Waals surface area contributed by atoms with Gasteiger partial charge in [0.25, 0.3) is 0 Å². The maximum absolute atomic E-state index is 12.9. The lowest BCUT2D eigenvalue weighted by Crippen LogP contribution is -2.38. The number of hydrogen-bond acceptors (Lipinski definition) is 7. The average Bonchev–Trinajstić information content (AvgIpc) is 3.25. The second-order valence-corrected chi connectivity index (χ2v) is 9.07. The van der Waals surface area contributed by atoms with Crippen LogP contribution in [0.1, 0.15) is 19.4 Å². The number of benzene rings is 2. The number of rotatable bonds is 8.